The molecule has 0 atom stereocenters. The van der Waals surface area contributed by atoms with Crippen molar-refractivity contribution in [1.82, 2.24) is 5.48 Å². The van der Waals surface area contributed by atoms with Crippen molar-refractivity contribution in [3.05, 3.63) is 11.8 Å². The first kappa shape index (κ1) is 6.50. The van der Waals surface area contributed by atoms with Crippen LogP contribution in [-0.2, 0) is 0 Å². The van der Waals surface area contributed by atoms with E-state index in [9.17, 15) is 0 Å². The Kier molecular flexibility index (Phi) is 3.42. The molecule has 7 heavy (non-hydrogen) atoms. The van der Waals surface area contributed by atoms with E-state index in [-0.39, 0.29) is 0 Å². The van der Waals surface area contributed by atoms with Gasteiger partial charge in [-0.25, -0.2) is 0 Å². The molecule has 0 amide bonds. The zero-order valence-electron chi connectivity index (χ0n) is 4.73. The molecular formula is C5H11NO. The molecule has 42 valence electrons. The second-order valence-electron chi connectivity index (χ2n) is 1.47. The van der Waals surface area contributed by atoms with Gasteiger partial charge in [-0.2, -0.15) is 0 Å². The predicted octanol–water partition coefficient (Wildman–Crippen LogP) is 1.28. The molecule has 0 rings (SSSR count). The smallest absolute Gasteiger partial charge is 0.0229 e. The molecule has 0 aromatic heterocycles. The van der Waals surface area contributed by atoms with Crippen LogP contribution in [0.5, 0.6) is 0 Å². The summed E-state index contributed by atoms with van der Waals surface area (Å²) < 4.78 is 0. The van der Waals surface area contributed by atoms with Gasteiger partial charge in [-0.3, -0.25) is 10.7 Å². The van der Waals surface area contributed by atoms with E-state index in [2.05, 4.69) is 0 Å². The maximum atomic E-state index is 8.04. The zero-order valence-corrected chi connectivity index (χ0v) is 4.73. The average Bonchev–Trinajstić information content (AvgIpc) is 1.68. The van der Waals surface area contributed by atoms with Crippen LogP contribution >= 0.6 is 0 Å². The summed E-state index contributed by atoms with van der Waals surface area (Å²) >= 11 is 0. The maximum absolute atomic E-state index is 8.04. The molecule has 0 aliphatic carbocycles. The molecule has 0 unspecified atom stereocenters. The fourth-order valence-corrected chi connectivity index (χ4v) is 0.212. The lowest BCUT2D eigenvalue weighted by Gasteiger charge is -1.90. The molecule has 0 heterocycles. The van der Waals surface area contributed by atoms with Crippen molar-refractivity contribution in [2.24, 2.45) is 0 Å². The van der Waals surface area contributed by atoms with Crippen molar-refractivity contribution < 1.29 is 5.21 Å². The molecule has 0 aliphatic heterocycles. The van der Waals surface area contributed by atoms with Crippen LogP contribution < -0.4 is 5.48 Å². The molecule has 2 nitrogen and oxygen atoms in total. The van der Waals surface area contributed by atoms with Crippen LogP contribution in [0.2, 0.25) is 0 Å². The van der Waals surface area contributed by atoms with Crippen molar-refractivity contribution in [2.45, 2.75) is 20.3 Å². The van der Waals surface area contributed by atoms with E-state index in [1.54, 1.807) is 6.20 Å². The molecular weight excluding hydrogens is 90.1 g/mol. The van der Waals surface area contributed by atoms with Crippen LogP contribution in [0.15, 0.2) is 11.8 Å². The van der Waals surface area contributed by atoms with Crippen LogP contribution in [0.25, 0.3) is 0 Å². The lowest BCUT2D eigenvalue weighted by atomic mass is 10.3. The van der Waals surface area contributed by atoms with E-state index in [0.29, 0.717) is 0 Å². The fraction of sp³-hybridized carbons (Fsp3) is 0.600. The Bertz CT molecular complexity index is 68.5. The van der Waals surface area contributed by atoms with E-state index < -0.39 is 0 Å². The van der Waals surface area contributed by atoms with E-state index in [1.165, 1.54) is 0 Å². The standard InChI is InChI=1S/C5H11NO/c1-3-5(2)4-6-7/h4,6-7H,3H2,1-2H3/b5-4+. The highest BCUT2D eigenvalue weighted by atomic mass is 16.5. The summed E-state index contributed by atoms with van der Waals surface area (Å²) in [6.45, 7) is 3.98. The van der Waals surface area contributed by atoms with Crippen LogP contribution in [-0.4, -0.2) is 5.21 Å². The van der Waals surface area contributed by atoms with Gasteiger partial charge in [0.05, 0.1) is 0 Å². The SMILES string of the molecule is CC/C(C)=C/NO. The Labute approximate surface area is 43.8 Å². The van der Waals surface area contributed by atoms with Crippen molar-refractivity contribution in [3.8, 4) is 0 Å². The maximum Gasteiger partial charge on any atom is 0.0229 e. The molecule has 0 radical (unpaired) electrons. The van der Waals surface area contributed by atoms with Crippen LogP contribution in [0.3, 0.4) is 0 Å². The van der Waals surface area contributed by atoms with Crippen LogP contribution in [0.4, 0.5) is 0 Å². The molecule has 0 aliphatic rings. The van der Waals surface area contributed by atoms with Gasteiger partial charge in [-0.15, -0.1) is 0 Å². The molecule has 0 aromatic rings. The molecule has 0 aromatic carbocycles. The zero-order chi connectivity index (χ0) is 5.70. The topological polar surface area (TPSA) is 32.3 Å². The number of hydrogen-bond acceptors (Lipinski definition) is 2. The summed E-state index contributed by atoms with van der Waals surface area (Å²) in [5.74, 6) is 0. The van der Waals surface area contributed by atoms with Crippen molar-refractivity contribution in [1.29, 1.82) is 0 Å². The monoisotopic (exact) mass is 101 g/mol. The minimum Gasteiger partial charge on any atom is -0.292 e. The first-order chi connectivity index (χ1) is 3.31. The number of hydroxylamine groups is 1. The Morgan fingerprint density at radius 1 is 1.86 bits per heavy atom. The summed E-state index contributed by atoms with van der Waals surface area (Å²) in [7, 11) is 0. The van der Waals surface area contributed by atoms with Gasteiger partial charge in [0.25, 0.3) is 0 Å². The summed E-state index contributed by atoms with van der Waals surface area (Å²) in [4.78, 5) is 0. The van der Waals surface area contributed by atoms with Crippen LogP contribution in [0, 0.1) is 0 Å². The van der Waals surface area contributed by atoms with Crippen LogP contribution in [0.1, 0.15) is 20.3 Å². The lowest BCUT2D eigenvalue weighted by molar-refractivity contribution is 0.213. The Hall–Kier alpha value is -0.500. The number of allylic oxidation sites excluding steroid dienone is 1. The van der Waals surface area contributed by atoms with Gasteiger partial charge in [-0.1, -0.05) is 12.5 Å². The van der Waals surface area contributed by atoms with Gasteiger partial charge in [0.1, 0.15) is 0 Å². The fourth-order valence-electron chi connectivity index (χ4n) is 0.212. The van der Waals surface area contributed by atoms with E-state index >= 15 is 0 Å². The third-order valence-corrected chi connectivity index (χ3v) is 0.869. The first-order valence-electron chi connectivity index (χ1n) is 2.36. The third-order valence-electron chi connectivity index (χ3n) is 0.869. The Morgan fingerprint density at radius 2 is 2.43 bits per heavy atom. The predicted molar refractivity (Wildman–Crippen MR) is 29.0 cm³/mol. The van der Waals surface area contributed by atoms with E-state index in [1.807, 2.05) is 19.3 Å². The Balaban J connectivity index is 3.29. The highest BCUT2D eigenvalue weighted by Gasteiger charge is 1.76. The van der Waals surface area contributed by atoms with Gasteiger partial charge in [0.2, 0.25) is 0 Å². The number of nitrogens with one attached hydrogen (secondary N) is 1. The highest BCUT2D eigenvalue weighted by Crippen LogP contribution is 1.92. The molecule has 0 spiro atoms. The van der Waals surface area contributed by atoms with Crippen molar-refractivity contribution in [2.75, 3.05) is 0 Å². The molecule has 0 bridgehead atoms. The molecule has 2 heteroatoms. The minimum atomic E-state index is 0.980. The first-order valence-corrected chi connectivity index (χ1v) is 2.36. The Morgan fingerprint density at radius 3 is 2.57 bits per heavy atom. The van der Waals surface area contributed by atoms with E-state index in [0.717, 1.165) is 12.0 Å². The molecule has 0 fully saturated rings. The second kappa shape index (κ2) is 3.68. The number of hydrogen-bond donors (Lipinski definition) is 2. The summed E-state index contributed by atoms with van der Waals surface area (Å²) in [5, 5.41) is 8.04. The van der Waals surface area contributed by atoms with Crippen molar-refractivity contribution >= 4 is 0 Å². The van der Waals surface area contributed by atoms with Crippen molar-refractivity contribution in [3.63, 3.8) is 0 Å². The van der Waals surface area contributed by atoms with Gasteiger partial charge in [0.15, 0.2) is 0 Å². The van der Waals surface area contributed by atoms with Gasteiger partial charge in [0, 0.05) is 6.20 Å². The molecule has 0 saturated carbocycles. The molecule has 2 N–H and O–H groups in total. The quantitative estimate of drug-likeness (QED) is 0.513. The largest absolute Gasteiger partial charge is 0.292 e. The summed E-state index contributed by atoms with van der Waals surface area (Å²) in [6, 6.07) is 0. The lowest BCUT2D eigenvalue weighted by Crippen LogP contribution is -1.94. The normalized spacial score (nSPS) is 11.6. The minimum absolute atomic E-state index is 0.980. The third kappa shape index (κ3) is 3.33. The van der Waals surface area contributed by atoms with Gasteiger partial charge >= 0.3 is 0 Å². The summed E-state index contributed by atoms with van der Waals surface area (Å²) in [6.07, 6.45) is 2.55. The van der Waals surface area contributed by atoms with Gasteiger partial charge in [-0.05, 0) is 13.3 Å². The van der Waals surface area contributed by atoms with Gasteiger partial charge < -0.3 is 0 Å². The summed E-state index contributed by atoms with van der Waals surface area (Å²) in [5.41, 5.74) is 3.10. The highest BCUT2D eigenvalue weighted by molar-refractivity contribution is 4.92. The second-order valence-corrected chi connectivity index (χ2v) is 1.47. The van der Waals surface area contributed by atoms with E-state index in [4.69, 9.17) is 5.21 Å². The number of rotatable bonds is 2. The average molecular weight is 101 g/mol. The molecule has 0 saturated heterocycles.